The van der Waals surface area contributed by atoms with Gasteiger partial charge in [-0.1, -0.05) is 50.8 Å². The van der Waals surface area contributed by atoms with Crippen molar-refractivity contribution in [2.75, 3.05) is 5.32 Å². The minimum Gasteiger partial charge on any atom is -0.322 e. The number of aryl methyl sites for hydroxylation is 2. The van der Waals surface area contributed by atoms with E-state index in [0.717, 1.165) is 29.8 Å². The van der Waals surface area contributed by atoms with Crippen molar-refractivity contribution in [1.82, 2.24) is 9.78 Å². The molecule has 2 aromatic carbocycles. The van der Waals surface area contributed by atoms with E-state index in [9.17, 15) is 9.59 Å². The standard InChI is InChI=1S/C27H33N3O2/c1-5-6-7-8-9-14-25-20(3)29-30(21(25)4)27(32)22-15-17-23(18-16-22)28-26(31)24-13-11-10-12-19(24)2/h10-13,15-18H,5-9,14H2,1-4H3,(H,28,31). The Morgan fingerprint density at radius 1 is 0.906 bits per heavy atom. The van der Waals surface area contributed by atoms with E-state index in [1.807, 2.05) is 39.0 Å². The van der Waals surface area contributed by atoms with Gasteiger partial charge in [-0.25, -0.2) is 4.68 Å². The molecule has 0 atom stereocenters. The molecule has 168 valence electrons. The maximum atomic E-state index is 13.1. The van der Waals surface area contributed by atoms with Crippen LogP contribution in [0.1, 0.15) is 82.3 Å². The summed E-state index contributed by atoms with van der Waals surface area (Å²) in [6, 6.07) is 14.4. The molecule has 0 saturated heterocycles. The van der Waals surface area contributed by atoms with Crippen LogP contribution in [0.3, 0.4) is 0 Å². The number of hydrogen-bond acceptors (Lipinski definition) is 3. The molecule has 0 spiro atoms. The third-order valence-electron chi connectivity index (χ3n) is 5.94. The average Bonchev–Trinajstić information content (AvgIpc) is 3.07. The van der Waals surface area contributed by atoms with Crippen LogP contribution < -0.4 is 5.32 Å². The molecule has 1 aromatic heterocycles. The summed E-state index contributed by atoms with van der Waals surface area (Å²) in [6.07, 6.45) is 7.06. The Morgan fingerprint density at radius 3 is 2.28 bits per heavy atom. The molecule has 0 aliphatic rings. The highest BCUT2D eigenvalue weighted by Crippen LogP contribution is 2.19. The zero-order valence-corrected chi connectivity index (χ0v) is 19.6. The lowest BCUT2D eigenvalue weighted by molar-refractivity contribution is 0.0941. The van der Waals surface area contributed by atoms with Crippen LogP contribution in [0.4, 0.5) is 5.69 Å². The predicted molar refractivity (Wildman–Crippen MR) is 129 cm³/mol. The van der Waals surface area contributed by atoms with E-state index in [0.29, 0.717) is 16.8 Å². The summed E-state index contributed by atoms with van der Waals surface area (Å²) in [5, 5.41) is 7.41. The van der Waals surface area contributed by atoms with E-state index in [1.165, 1.54) is 35.9 Å². The second kappa shape index (κ2) is 10.9. The number of aromatic nitrogens is 2. The zero-order valence-electron chi connectivity index (χ0n) is 19.6. The van der Waals surface area contributed by atoms with Crippen LogP contribution in [0.5, 0.6) is 0 Å². The Morgan fingerprint density at radius 2 is 1.59 bits per heavy atom. The van der Waals surface area contributed by atoms with E-state index < -0.39 is 0 Å². The van der Waals surface area contributed by atoms with E-state index in [1.54, 1.807) is 30.3 Å². The van der Waals surface area contributed by atoms with E-state index in [2.05, 4.69) is 17.3 Å². The van der Waals surface area contributed by atoms with Crippen molar-refractivity contribution in [3.63, 3.8) is 0 Å². The third-order valence-corrected chi connectivity index (χ3v) is 5.94. The van der Waals surface area contributed by atoms with Gasteiger partial charge in [-0.15, -0.1) is 0 Å². The van der Waals surface area contributed by atoms with Crippen LogP contribution in [-0.4, -0.2) is 21.6 Å². The fourth-order valence-electron chi connectivity index (χ4n) is 3.98. The SMILES string of the molecule is CCCCCCCc1c(C)nn(C(=O)c2ccc(NC(=O)c3ccccc3C)cc2)c1C. The Kier molecular flexibility index (Phi) is 7.98. The summed E-state index contributed by atoms with van der Waals surface area (Å²) in [7, 11) is 0. The topological polar surface area (TPSA) is 64.0 Å². The summed E-state index contributed by atoms with van der Waals surface area (Å²) in [6.45, 7) is 8.07. The van der Waals surface area contributed by atoms with Crippen molar-refractivity contribution in [3.8, 4) is 0 Å². The molecular formula is C27H33N3O2. The van der Waals surface area contributed by atoms with E-state index in [4.69, 9.17) is 0 Å². The van der Waals surface area contributed by atoms with Crippen molar-refractivity contribution in [2.24, 2.45) is 0 Å². The van der Waals surface area contributed by atoms with Crippen LogP contribution in [0.2, 0.25) is 0 Å². The Bertz CT molecular complexity index is 1080. The van der Waals surface area contributed by atoms with Crippen molar-refractivity contribution >= 4 is 17.5 Å². The average molecular weight is 432 g/mol. The maximum absolute atomic E-state index is 13.1. The van der Waals surface area contributed by atoms with Crippen molar-refractivity contribution in [3.05, 3.63) is 82.2 Å². The summed E-state index contributed by atoms with van der Waals surface area (Å²) in [5.41, 5.74) is 5.76. The minimum atomic E-state index is -0.163. The minimum absolute atomic E-state index is 0.153. The molecule has 3 rings (SSSR count). The van der Waals surface area contributed by atoms with Crippen LogP contribution in [0, 0.1) is 20.8 Å². The molecule has 0 saturated carbocycles. The van der Waals surface area contributed by atoms with Gasteiger partial charge >= 0.3 is 0 Å². The van der Waals surface area contributed by atoms with Crippen molar-refractivity contribution in [2.45, 2.75) is 66.2 Å². The third kappa shape index (κ3) is 5.52. The number of carbonyl (C=O) groups is 2. The number of anilines is 1. The second-order valence-electron chi connectivity index (χ2n) is 8.38. The van der Waals surface area contributed by atoms with Gasteiger partial charge in [-0.3, -0.25) is 9.59 Å². The maximum Gasteiger partial charge on any atom is 0.278 e. The van der Waals surface area contributed by atoms with Gasteiger partial charge in [0.15, 0.2) is 0 Å². The first kappa shape index (κ1) is 23.5. The van der Waals surface area contributed by atoms with Gasteiger partial charge < -0.3 is 5.32 Å². The summed E-state index contributed by atoms with van der Waals surface area (Å²) < 4.78 is 1.51. The zero-order chi connectivity index (χ0) is 23.1. The number of nitrogens with one attached hydrogen (secondary N) is 1. The predicted octanol–water partition coefficient (Wildman–Crippen LogP) is 6.26. The van der Waals surface area contributed by atoms with Gasteiger partial charge in [0.25, 0.3) is 11.8 Å². The smallest absolute Gasteiger partial charge is 0.278 e. The monoisotopic (exact) mass is 431 g/mol. The van der Waals surface area contributed by atoms with Gasteiger partial charge in [0.1, 0.15) is 0 Å². The van der Waals surface area contributed by atoms with Gasteiger partial charge in [-0.2, -0.15) is 5.10 Å². The molecule has 32 heavy (non-hydrogen) atoms. The fraction of sp³-hybridized carbons (Fsp3) is 0.370. The first-order chi connectivity index (χ1) is 15.4. The second-order valence-corrected chi connectivity index (χ2v) is 8.38. The molecule has 0 fully saturated rings. The molecule has 0 unspecified atom stereocenters. The van der Waals surface area contributed by atoms with Gasteiger partial charge in [0, 0.05) is 22.5 Å². The number of amides is 1. The van der Waals surface area contributed by atoms with Gasteiger partial charge in [-0.05, 0) is 75.1 Å². The molecule has 1 heterocycles. The van der Waals surface area contributed by atoms with Crippen LogP contribution in [0.15, 0.2) is 48.5 Å². The van der Waals surface area contributed by atoms with Gasteiger partial charge in [0.2, 0.25) is 0 Å². The van der Waals surface area contributed by atoms with Crippen molar-refractivity contribution < 1.29 is 9.59 Å². The summed E-state index contributed by atoms with van der Waals surface area (Å²) >= 11 is 0. The van der Waals surface area contributed by atoms with Crippen LogP contribution in [-0.2, 0) is 6.42 Å². The Balaban J connectivity index is 1.67. The number of hydrogen-bond donors (Lipinski definition) is 1. The molecule has 5 heteroatoms. The molecule has 0 radical (unpaired) electrons. The molecule has 3 aromatic rings. The van der Waals surface area contributed by atoms with E-state index >= 15 is 0 Å². The van der Waals surface area contributed by atoms with Crippen molar-refractivity contribution in [1.29, 1.82) is 0 Å². The van der Waals surface area contributed by atoms with Crippen LogP contribution in [0.25, 0.3) is 0 Å². The van der Waals surface area contributed by atoms with Crippen LogP contribution >= 0.6 is 0 Å². The van der Waals surface area contributed by atoms with E-state index in [-0.39, 0.29) is 11.8 Å². The number of carbonyl (C=O) groups excluding carboxylic acids is 2. The summed E-state index contributed by atoms with van der Waals surface area (Å²) in [5.74, 6) is -0.316. The van der Waals surface area contributed by atoms with Gasteiger partial charge in [0.05, 0.1) is 5.69 Å². The fourth-order valence-corrected chi connectivity index (χ4v) is 3.98. The quantitative estimate of drug-likeness (QED) is 0.407. The highest BCUT2D eigenvalue weighted by molar-refractivity contribution is 6.05. The lowest BCUT2D eigenvalue weighted by Gasteiger charge is -2.09. The normalized spacial score (nSPS) is 10.9. The number of benzene rings is 2. The molecule has 1 N–H and O–H groups in total. The highest BCUT2D eigenvalue weighted by atomic mass is 16.2. The largest absolute Gasteiger partial charge is 0.322 e. The molecule has 0 aliphatic carbocycles. The lowest BCUT2D eigenvalue weighted by Crippen LogP contribution is -2.16. The molecular weight excluding hydrogens is 398 g/mol. The lowest BCUT2D eigenvalue weighted by atomic mass is 10.0. The molecule has 0 bridgehead atoms. The Hall–Kier alpha value is -3.21. The number of unbranched alkanes of at least 4 members (excludes halogenated alkanes) is 4. The molecule has 1 amide bonds. The molecule has 0 aliphatic heterocycles. The first-order valence-corrected chi connectivity index (χ1v) is 11.5. The Labute approximate surface area is 190 Å². The molecule has 5 nitrogen and oxygen atoms in total. The number of nitrogens with zero attached hydrogens (tertiary/aromatic N) is 2. The number of rotatable bonds is 9. The first-order valence-electron chi connectivity index (χ1n) is 11.5. The summed E-state index contributed by atoms with van der Waals surface area (Å²) in [4.78, 5) is 25.6. The highest BCUT2D eigenvalue weighted by Gasteiger charge is 2.18.